The van der Waals surface area contributed by atoms with E-state index in [1.54, 1.807) is 46.8 Å². The molecule has 0 atom stereocenters. The van der Waals surface area contributed by atoms with Crippen LogP contribution < -0.4 is 0 Å². The van der Waals surface area contributed by atoms with E-state index in [4.69, 9.17) is 11.6 Å². The molecule has 0 bridgehead atoms. The Kier molecular flexibility index (Phi) is 5.88. The first-order valence-corrected chi connectivity index (χ1v) is 11.4. The molecule has 7 heteroatoms. The maximum Gasteiger partial charge on any atom is 0.243 e. The molecule has 0 radical (unpaired) electrons. The molecule has 0 saturated carbocycles. The highest BCUT2D eigenvalue weighted by Gasteiger charge is 2.29. The number of hydrogen-bond donors (Lipinski definition) is 0. The van der Waals surface area contributed by atoms with Gasteiger partial charge in [0.1, 0.15) is 5.82 Å². The van der Waals surface area contributed by atoms with Gasteiger partial charge in [-0.25, -0.2) is 12.8 Å². The molecule has 3 aromatic carbocycles. The summed E-state index contributed by atoms with van der Waals surface area (Å²) in [5.41, 5.74) is 1.08. The van der Waals surface area contributed by atoms with Crippen LogP contribution in [0.2, 0.25) is 5.02 Å². The molecule has 29 heavy (non-hydrogen) atoms. The van der Waals surface area contributed by atoms with Gasteiger partial charge in [0, 0.05) is 48.5 Å². The molecular formula is C22H22ClFN2O2S. The highest BCUT2D eigenvalue weighted by Crippen LogP contribution is 2.30. The fourth-order valence-electron chi connectivity index (χ4n) is 3.74. The Balaban J connectivity index is 1.44. The van der Waals surface area contributed by atoms with Gasteiger partial charge in [-0.2, -0.15) is 4.31 Å². The minimum absolute atomic E-state index is 0.234. The Hall–Kier alpha value is -1.99. The minimum Gasteiger partial charge on any atom is -0.300 e. The van der Waals surface area contributed by atoms with Crippen molar-refractivity contribution in [1.29, 1.82) is 0 Å². The van der Waals surface area contributed by atoms with Crippen molar-refractivity contribution in [2.45, 2.75) is 11.3 Å². The predicted molar refractivity (Wildman–Crippen MR) is 114 cm³/mol. The van der Waals surface area contributed by atoms with Gasteiger partial charge in [-0.15, -0.1) is 0 Å². The summed E-state index contributed by atoms with van der Waals surface area (Å²) >= 11 is 6.24. The second-order valence-corrected chi connectivity index (χ2v) is 9.53. The van der Waals surface area contributed by atoms with Gasteiger partial charge in [0.2, 0.25) is 10.0 Å². The largest absolute Gasteiger partial charge is 0.300 e. The van der Waals surface area contributed by atoms with Crippen molar-refractivity contribution < 1.29 is 12.8 Å². The van der Waals surface area contributed by atoms with Crippen LogP contribution in [0.15, 0.2) is 65.6 Å². The predicted octanol–water partition coefficient (Wildman–Crippen LogP) is 4.18. The van der Waals surface area contributed by atoms with E-state index < -0.39 is 10.0 Å². The number of piperazine rings is 1. The third-order valence-corrected chi connectivity index (χ3v) is 7.69. The SMILES string of the molecule is O=S(=O)(c1cccc2c(Cl)cccc12)N1CCN(CCc2ccc(F)cc2)CC1. The van der Waals surface area contributed by atoms with E-state index in [0.717, 1.165) is 23.9 Å². The molecule has 1 fully saturated rings. The molecule has 1 aliphatic rings. The smallest absolute Gasteiger partial charge is 0.243 e. The number of benzene rings is 3. The first-order valence-electron chi connectivity index (χ1n) is 9.59. The van der Waals surface area contributed by atoms with Gasteiger partial charge in [0.25, 0.3) is 0 Å². The van der Waals surface area contributed by atoms with E-state index in [2.05, 4.69) is 4.90 Å². The van der Waals surface area contributed by atoms with Crippen LogP contribution in [0.1, 0.15) is 5.56 Å². The quantitative estimate of drug-likeness (QED) is 0.607. The molecule has 4 rings (SSSR count). The summed E-state index contributed by atoms with van der Waals surface area (Å²) in [5.74, 6) is -0.234. The molecule has 0 aliphatic carbocycles. The maximum absolute atomic E-state index is 13.3. The van der Waals surface area contributed by atoms with Gasteiger partial charge in [-0.1, -0.05) is 48.0 Å². The molecule has 0 aromatic heterocycles. The van der Waals surface area contributed by atoms with E-state index in [0.29, 0.717) is 41.5 Å². The van der Waals surface area contributed by atoms with Crippen LogP contribution in [0.25, 0.3) is 10.8 Å². The average molecular weight is 433 g/mol. The summed E-state index contributed by atoms with van der Waals surface area (Å²) in [6, 6.07) is 17.1. The lowest BCUT2D eigenvalue weighted by molar-refractivity contribution is 0.190. The molecule has 1 saturated heterocycles. The van der Waals surface area contributed by atoms with Crippen LogP contribution >= 0.6 is 11.6 Å². The number of halogens is 2. The Morgan fingerprint density at radius 1 is 0.862 bits per heavy atom. The molecule has 0 unspecified atom stereocenters. The van der Waals surface area contributed by atoms with E-state index in [1.807, 2.05) is 6.07 Å². The van der Waals surface area contributed by atoms with Gasteiger partial charge < -0.3 is 4.90 Å². The van der Waals surface area contributed by atoms with Crippen LogP contribution in [-0.2, 0) is 16.4 Å². The van der Waals surface area contributed by atoms with Crippen molar-refractivity contribution in [1.82, 2.24) is 9.21 Å². The van der Waals surface area contributed by atoms with Gasteiger partial charge in [0.15, 0.2) is 0 Å². The zero-order chi connectivity index (χ0) is 20.4. The topological polar surface area (TPSA) is 40.6 Å². The summed E-state index contributed by atoms with van der Waals surface area (Å²) in [6.45, 7) is 3.06. The highest BCUT2D eigenvalue weighted by molar-refractivity contribution is 7.89. The second-order valence-electron chi connectivity index (χ2n) is 7.21. The zero-order valence-corrected chi connectivity index (χ0v) is 17.5. The fourth-order valence-corrected chi connectivity index (χ4v) is 5.60. The summed E-state index contributed by atoms with van der Waals surface area (Å²) in [5, 5.41) is 1.94. The average Bonchev–Trinajstić information content (AvgIpc) is 2.73. The lowest BCUT2D eigenvalue weighted by Gasteiger charge is -2.34. The van der Waals surface area contributed by atoms with Crippen LogP contribution in [0.3, 0.4) is 0 Å². The standard InChI is InChI=1S/C22H22ClFN2O2S/c23-21-5-1-4-20-19(21)3-2-6-22(20)29(27,28)26-15-13-25(14-16-26)12-11-17-7-9-18(24)10-8-17/h1-10H,11-16H2. The molecule has 0 spiro atoms. The Morgan fingerprint density at radius 3 is 2.24 bits per heavy atom. The van der Waals surface area contributed by atoms with Crippen LogP contribution in [0.4, 0.5) is 4.39 Å². The van der Waals surface area contributed by atoms with E-state index in [1.165, 1.54) is 12.1 Å². The highest BCUT2D eigenvalue weighted by atomic mass is 35.5. The number of nitrogens with zero attached hydrogens (tertiary/aromatic N) is 2. The lowest BCUT2D eigenvalue weighted by Crippen LogP contribution is -2.49. The molecule has 4 nitrogen and oxygen atoms in total. The number of rotatable bonds is 5. The molecule has 0 N–H and O–H groups in total. The lowest BCUT2D eigenvalue weighted by atomic mass is 10.1. The van der Waals surface area contributed by atoms with Crippen LogP contribution in [-0.4, -0.2) is 50.3 Å². The van der Waals surface area contributed by atoms with Crippen molar-refractivity contribution >= 4 is 32.4 Å². The fraction of sp³-hybridized carbons (Fsp3) is 0.273. The van der Waals surface area contributed by atoms with Gasteiger partial charge in [0.05, 0.1) is 4.90 Å². The Bertz CT molecular complexity index is 1110. The first kappa shape index (κ1) is 20.3. The number of fused-ring (bicyclic) bond motifs is 1. The molecular weight excluding hydrogens is 411 g/mol. The molecule has 152 valence electrons. The van der Waals surface area contributed by atoms with Crippen molar-refractivity contribution in [3.8, 4) is 0 Å². The molecule has 1 heterocycles. The van der Waals surface area contributed by atoms with Gasteiger partial charge in [-0.3, -0.25) is 0 Å². The third kappa shape index (κ3) is 4.31. The van der Waals surface area contributed by atoms with Crippen molar-refractivity contribution in [3.05, 3.63) is 77.1 Å². The van der Waals surface area contributed by atoms with Crippen molar-refractivity contribution in [2.75, 3.05) is 32.7 Å². The minimum atomic E-state index is -3.59. The van der Waals surface area contributed by atoms with Gasteiger partial charge in [-0.05, 0) is 36.2 Å². The molecule has 3 aromatic rings. The first-order chi connectivity index (χ1) is 13.9. The van der Waals surface area contributed by atoms with E-state index in [-0.39, 0.29) is 5.82 Å². The second kappa shape index (κ2) is 8.40. The van der Waals surface area contributed by atoms with Crippen molar-refractivity contribution in [2.24, 2.45) is 0 Å². The van der Waals surface area contributed by atoms with Crippen molar-refractivity contribution in [3.63, 3.8) is 0 Å². The van der Waals surface area contributed by atoms with Gasteiger partial charge >= 0.3 is 0 Å². The Morgan fingerprint density at radius 2 is 1.52 bits per heavy atom. The normalized spacial score (nSPS) is 16.3. The summed E-state index contributed by atoms with van der Waals surface area (Å²) in [4.78, 5) is 2.55. The van der Waals surface area contributed by atoms with Crippen LogP contribution in [0.5, 0.6) is 0 Å². The van der Waals surface area contributed by atoms with E-state index >= 15 is 0 Å². The zero-order valence-electron chi connectivity index (χ0n) is 15.9. The maximum atomic E-state index is 13.3. The molecule has 0 amide bonds. The summed E-state index contributed by atoms with van der Waals surface area (Å²) in [7, 11) is -3.59. The monoisotopic (exact) mass is 432 g/mol. The third-order valence-electron chi connectivity index (χ3n) is 5.41. The van der Waals surface area contributed by atoms with E-state index in [9.17, 15) is 12.8 Å². The Labute approximate surface area is 175 Å². The number of hydrogen-bond acceptors (Lipinski definition) is 3. The summed E-state index contributed by atoms with van der Waals surface area (Å²) < 4.78 is 41.1. The summed E-state index contributed by atoms with van der Waals surface area (Å²) in [6.07, 6.45) is 0.814. The molecule has 1 aliphatic heterocycles. The number of sulfonamides is 1. The van der Waals surface area contributed by atoms with Crippen LogP contribution in [0, 0.1) is 5.82 Å².